The van der Waals surface area contributed by atoms with E-state index in [0.29, 0.717) is 30.2 Å². The van der Waals surface area contributed by atoms with Gasteiger partial charge in [0.25, 0.3) is 5.91 Å². The first-order valence-electron chi connectivity index (χ1n) is 8.72. The predicted molar refractivity (Wildman–Crippen MR) is 102 cm³/mol. The molecule has 1 saturated heterocycles. The highest BCUT2D eigenvalue weighted by atomic mass is 35.5. The van der Waals surface area contributed by atoms with Crippen molar-refractivity contribution in [1.82, 2.24) is 10.3 Å². The summed E-state index contributed by atoms with van der Waals surface area (Å²) in [7, 11) is 0. The van der Waals surface area contributed by atoms with Crippen LogP contribution in [0.25, 0.3) is 0 Å². The van der Waals surface area contributed by atoms with Crippen molar-refractivity contribution in [3.05, 3.63) is 52.3 Å². The van der Waals surface area contributed by atoms with Gasteiger partial charge in [0, 0.05) is 29.0 Å². The number of ether oxygens (including phenoxy) is 1. The summed E-state index contributed by atoms with van der Waals surface area (Å²) in [6.07, 6.45) is 1.96. The van der Waals surface area contributed by atoms with Gasteiger partial charge in [-0.3, -0.25) is 14.6 Å². The third kappa shape index (κ3) is 4.78. The Morgan fingerprint density at radius 2 is 2.14 bits per heavy atom. The highest BCUT2D eigenvalue weighted by Gasteiger charge is 2.22. The van der Waals surface area contributed by atoms with Gasteiger partial charge in [-0.05, 0) is 30.7 Å². The van der Waals surface area contributed by atoms with Crippen molar-refractivity contribution >= 4 is 29.1 Å². The highest BCUT2D eigenvalue weighted by Crippen LogP contribution is 2.23. The number of phenols is 1. The average molecular weight is 406 g/mol. The van der Waals surface area contributed by atoms with E-state index in [0.717, 1.165) is 0 Å². The number of hydrogen-bond donors (Lipinski definition) is 4. The molecule has 2 heterocycles. The third-order valence-corrected chi connectivity index (χ3v) is 4.60. The first-order chi connectivity index (χ1) is 13.5. The maximum atomic E-state index is 12.5. The second kappa shape index (κ2) is 9.01. The van der Waals surface area contributed by atoms with Crippen LogP contribution in [0.5, 0.6) is 5.75 Å². The van der Waals surface area contributed by atoms with E-state index in [1.165, 1.54) is 30.5 Å². The molecular weight excluding hydrogens is 386 g/mol. The molecule has 0 saturated carbocycles. The molecule has 0 bridgehead atoms. The Labute approximate surface area is 166 Å². The summed E-state index contributed by atoms with van der Waals surface area (Å²) in [5, 5.41) is 25.4. The standard InChI is InChI=1S/C19H20ClN3O5/c20-12-1-2-16(25)11(7-12)8-17(26)23-15-3-5-21-18(14(15)9-24)19(27)22-13-4-6-28-10-13/h1-3,5,7,13,24-25H,4,6,8-10H2,(H,22,27)(H,21,23,26). The number of rotatable bonds is 6. The van der Waals surface area contributed by atoms with E-state index in [2.05, 4.69) is 15.6 Å². The SMILES string of the molecule is O=C(Cc1cc(Cl)ccc1O)Nc1ccnc(C(=O)NC2CCOC2)c1CO. The van der Waals surface area contributed by atoms with Crippen LogP contribution in [0.3, 0.4) is 0 Å². The van der Waals surface area contributed by atoms with Gasteiger partial charge in [0.15, 0.2) is 0 Å². The number of halogens is 1. The predicted octanol–water partition coefficient (Wildman–Crippen LogP) is 1.63. The smallest absolute Gasteiger partial charge is 0.270 e. The lowest BCUT2D eigenvalue weighted by molar-refractivity contribution is -0.115. The van der Waals surface area contributed by atoms with Crippen LogP contribution in [0.4, 0.5) is 5.69 Å². The van der Waals surface area contributed by atoms with Gasteiger partial charge in [-0.2, -0.15) is 0 Å². The molecule has 1 aromatic carbocycles. The molecule has 1 fully saturated rings. The Morgan fingerprint density at radius 3 is 2.86 bits per heavy atom. The zero-order valence-electron chi connectivity index (χ0n) is 14.9. The van der Waals surface area contributed by atoms with Crippen molar-refractivity contribution in [1.29, 1.82) is 0 Å². The number of carbonyl (C=O) groups excluding carboxylic acids is 2. The number of anilines is 1. The van der Waals surface area contributed by atoms with Gasteiger partial charge in [-0.15, -0.1) is 0 Å². The van der Waals surface area contributed by atoms with Crippen molar-refractivity contribution in [2.75, 3.05) is 18.5 Å². The number of aromatic hydroxyl groups is 1. The van der Waals surface area contributed by atoms with Crippen molar-refractivity contribution in [2.45, 2.75) is 25.5 Å². The summed E-state index contributed by atoms with van der Waals surface area (Å²) in [6, 6.07) is 5.82. The fraction of sp³-hybridized carbons (Fsp3) is 0.316. The molecule has 0 radical (unpaired) electrons. The van der Waals surface area contributed by atoms with Crippen LogP contribution in [0, 0.1) is 0 Å². The first kappa shape index (κ1) is 20.1. The van der Waals surface area contributed by atoms with Crippen molar-refractivity contribution in [2.24, 2.45) is 0 Å². The fourth-order valence-corrected chi connectivity index (χ4v) is 3.13. The maximum absolute atomic E-state index is 12.5. The third-order valence-electron chi connectivity index (χ3n) is 4.36. The second-order valence-corrected chi connectivity index (χ2v) is 6.81. The zero-order chi connectivity index (χ0) is 20.1. The Balaban J connectivity index is 1.75. The summed E-state index contributed by atoms with van der Waals surface area (Å²) in [4.78, 5) is 28.9. The number of amides is 2. The molecule has 2 aromatic rings. The zero-order valence-corrected chi connectivity index (χ0v) is 15.7. The topological polar surface area (TPSA) is 121 Å². The van der Waals surface area contributed by atoms with E-state index in [1.54, 1.807) is 0 Å². The molecule has 1 unspecified atom stereocenters. The minimum absolute atomic E-state index is 0.0396. The van der Waals surface area contributed by atoms with E-state index >= 15 is 0 Å². The molecule has 1 aliphatic heterocycles. The molecule has 2 amide bonds. The van der Waals surface area contributed by atoms with Crippen LogP contribution in [0.2, 0.25) is 5.02 Å². The van der Waals surface area contributed by atoms with Crippen LogP contribution >= 0.6 is 11.6 Å². The van der Waals surface area contributed by atoms with Crippen molar-refractivity contribution < 1.29 is 24.5 Å². The molecular formula is C19H20ClN3O5. The van der Waals surface area contributed by atoms with Crippen LogP contribution in [0.15, 0.2) is 30.5 Å². The lowest BCUT2D eigenvalue weighted by atomic mass is 10.1. The fourth-order valence-electron chi connectivity index (χ4n) is 2.93. The first-order valence-corrected chi connectivity index (χ1v) is 9.10. The summed E-state index contributed by atoms with van der Waals surface area (Å²) in [5.41, 5.74) is 0.890. The largest absolute Gasteiger partial charge is 0.508 e. The number of carbonyl (C=O) groups is 2. The molecule has 0 aliphatic carbocycles. The Kier molecular flexibility index (Phi) is 6.45. The molecule has 4 N–H and O–H groups in total. The number of nitrogens with zero attached hydrogens (tertiary/aromatic N) is 1. The van der Waals surface area contributed by atoms with Crippen LogP contribution in [-0.2, 0) is 22.6 Å². The quantitative estimate of drug-likeness (QED) is 0.579. The van der Waals surface area contributed by atoms with Gasteiger partial charge in [0.05, 0.1) is 31.4 Å². The normalized spacial score (nSPS) is 16.0. The van der Waals surface area contributed by atoms with Gasteiger partial charge in [-0.1, -0.05) is 11.6 Å². The lowest BCUT2D eigenvalue weighted by Crippen LogP contribution is -2.36. The number of aliphatic hydroxyl groups excluding tert-OH is 1. The molecule has 28 heavy (non-hydrogen) atoms. The number of benzene rings is 1. The molecule has 9 heteroatoms. The van der Waals surface area contributed by atoms with E-state index in [1.807, 2.05) is 0 Å². The van der Waals surface area contributed by atoms with Crippen LogP contribution < -0.4 is 10.6 Å². The van der Waals surface area contributed by atoms with E-state index in [-0.39, 0.29) is 35.2 Å². The molecule has 0 spiro atoms. The van der Waals surface area contributed by atoms with Gasteiger partial charge in [0.1, 0.15) is 11.4 Å². The number of nitrogens with one attached hydrogen (secondary N) is 2. The summed E-state index contributed by atoms with van der Waals surface area (Å²) in [5.74, 6) is -0.923. The number of aromatic nitrogens is 1. The number of phenolic OH excluding ortho intramolecular Hbond substituents is 1. The molecule has 3 rings (SSSR count). The Bertz CT molecular complexity index is 884. The molecule has 8 nitrogen and oxygen atoms in total. The second-order valence-electron chi connectivity index (χ2n) is 6.38. The number of pyridine rings is 1. The van der Waals surface area contributed by atoms with E-state index in [9.17, 15) is 19.8 Å². The van der Waals surface area contributed by atoms with Crippen molar-refractivity contribution in [3.8, 4) is 5.75 Å². The monoisotopic (exact) mass is 405 g/mol. The van der Waals surface area contributed by atoms with E-state index < -0.39 is 18.4 Å². The number of hydrogen-bond acceptors (Lipinski definition) is 6. The lowest BCUT2D eigenvalue weighted by Gasteiger charge is -2.15. The molecule has 1 aromatic heterocycles. The highest BCUT2D eigenvalue weighted by molar-refractivity contribution is 6.30. The van der Waals surface area contributed by atoms with Crippen LogP contribution in [-0.4, -0.2) is 46.3 Å². The maximum Gasteiger partial charge on any atom is 0.270 e. The van der Waals surface area contributed by atoms with E-state index in [4.69, 9.17) is 16.3 Å². The minimum Gasteiger partial charge on any atom is -0.508 e. The number of aliphatic hydroxyl groups is 1. The van der Waals surface area contributed by atoms with Crippen molar-refractivity contribution in [3.63, 3.8) is 0 Å². The van der Waals surface area contributed by atoms with Gasteiger partial charge >= 0.3 is 0 Å². The molecule has 148 valence electrons. The summed E-state index contributed by atoms with van der Waals surface area (Å²) >= 11 is 5.90. The van der Waals surface area contributed by atoms with Crippen LogP contribution in [0.1, 0.15) is 28.0 Å². The minimum atomic E-state index is -0.476. The average Bonchev–Trinajstić information content (AvgIpc) is 3.17. The Morgan fingerprint density at radius 1 is 1.32 bits per heavy atom. The van der Waals surface area contributed by atoms with Gasteiger partial charge < -0.3 is 25.6 Å². The molecule has 1 aliphatic rings. The Hall–Kier alpha value is -2.68. The van der Waals surface area contributed by atoms with Gasteiger partial charge in [-0.25, -0.2) is 0 Å². The summed E-state index contributed by atoms with van der Waals surface area (Å²) < 4.78 is 5.23. The summed E-state index contributed by atoms with van der Waals surface area (Å²) in [6.45, 7) is 0.535. The molecule has 1 atom stereocenters. The van der Waals surface area contributed by atoms with Gasteiger partial charge in [0.2, 0.25) is 5.91 Å².